The molecule has 4 heterocycles. The van der Waals surface area contributed by atoms with Crippen molar-refractivity contribution in [3.63, 3.8) is 0 Å². The van der Waals surface area contributed by atoms with E-state index >= 15 is 0 Å². The minimum atomic E-state index is -0.268. The molecule has 9 heteroatoms. The largest absolute Gasteiger partial charge is 0.383 e. The van der Waals surface area contributed by atoms with E-state index < -0.39 is 0 Å². The van der Waals surface area contributed by atoms with E-state index in [1.807, 2.05) is 42.6 Å². The number of hydrogen-bond acceptors (Lipinski definition) is 7. The van der Waals surface area contributed by atoms with Crippen LogP contribution in [0.15, 0.2) is 55.0 Å². The lowest BCUT2D eigenvalue weighted by Crippen LogP contribution is -2.23. The predicted molar refractivity (Wildman–Crippen MR) is 129 cm³/mol. The van der Waals surface area contributed by atoms with Crippen LogP contribution in [0.4, 0.5) is 17.5 Å². The zero-order valence-electron chi connectivity index (χ0n) is 18.2. The number of hydrogen-bond donors (Lipinski definition) is 3. The highest BCUT2D eigenvalue weighted by Crippen LogP contribution is 2.21. The highest BCUT2D eigenvalue weighted by molar-refractivity contribution is 5.98. The second kappa shape index (κ2) is 8.78. The molecular weight excluding hydrogens is 416 g/mol. The molecule has 1 amide bonds. The Labute approximate surface area is 191 Å². The van der Waals surface area contributed by atoms with Gasteiger partial charge < -0.3 is 21.7 Å². The molecule has 1 fully saturated rings. The van der Waals surface area contributed by atoms with Crippen LogP contribution in [0, 0.1) is 0 Å². The van der Waals surface area contributed by atoms with Gasteiger partial charge in [-0.15, -0.1) is 0 Å². The molecule has 0 atom stereocenters. The Bertz CT molecular complexity index is 1290. The SMILES string of the molecule is Nc1nn(Cc2ccc(N3CCCC3)nc2)cc1C(=O)NCc1ccc2c(N)nccc2c1. The smallest absolute Gasteiger partial charge is 0.256 e. The van der Waals surface area contributed by atoms with Crippen molar-refractivity contribution in [2.75, 3.05) is 29.5 Å². The Morgan fingerprint density at radius 3 is 2.61 bits per heavy atom. The van der Waals surface area contributed by atoms with Gasteiger partial charge in [0.25, 0.3) is 5.91 Å². The number of nitrogens with two attached hydrogens (primary N) is 2. The molecule has 4 aromatic rings. The van der Waals surface area contributed by atoms with Gasteiger partial charge in [0.05, 0.1) is 6.54 Å². The van der Waals surface area contributed by atoms with Crippen molar-refractivity contribution in [3.05, 3.63) is 71.7 Å². The van der Waals surface area contributed by atoms with Crippen molar-refractivity contribution in [3.8, 4) is 0 Å². The zero-order valence-corrected chi connectivity index (χ0v) is 18.2. The Morgan fingerprint density at radius 2 is 1.82 bits per heavy atom. The van der Waals surface area contributed by atoms with Gasteiger partial charge in [-0.25, -0.2) is 9.97 Å². The highest BCUT2D eigenvalue weighted by atomic mass is 16.1. The lowest BCUT2D eigenvalue weighted by molar-refractivity contribution is 0.0951. The van der Waals surface area contributed by atoms with Crippen LogP contribution in [-0.2, 0) is 13.1 Å². The van der Waals surface area contributed by atoms with Crippen molar-refractivity contribution >= 4 is 34.1 Å². The number of nitrogen functional groups attached to an aromatic ring is 2. The molecule has 5 N–H and O–H groups in total. The maximum atomic E-state index is 12.7. The number of pyridine rings is 2. The van der Waals surface area contributed by atoms with Gasteiger partial charge in [-0.1, -0.05) is 18.2 Å². The number of carbonyl (C=O) groups excluding carboxylic acids is 1. The van der Waals surface area contributed by atoms with Gasteiger partial charge in [-0.2, -0.15) is 5.10 Å². The topological polar surface area (TPSA) is 128 Å². The van der Waals surface area contributed by atoms with Crippen LogP contribution in [0.1, 0.15) is 34.3 Å². The fourth-order valence-corrected chi connectivity index (χ4v) is 4.16. The third-order valence-electron chi connectivity index (χ3n) is 5.93. The molecule has 33 heavy (non-hydrogen) atoms. The fourth-order valence-electron chi connectivity index (χ4n) is 4.16. The summed E-state index contributed by atoms with van der Waals surface area (Å²) in [5.41, 5.74) is 14.2. The summed E-state index contributed by atoms with van der Waals surface area (Å²) < 4.78 is 1.67. The third kappa shape index (κ3) is 4.43. The Morgan fingerprint density at radius 1 is 1.00 bits per heavy atom. The first-order valence-electron chi connectivity index (χ1n) is 11.0. The average molecular weight is 443 g/mol. The summed E-state index contributed by atoms with van der Waals surface area (Å²) in [4.78, 5) is 23.7. The van der Waals surface area contributed by atoms with Gasteiger partial charge in [-0.3, -0.25) is 9.48 Å². The molecule has 1 saturated heterocycles. The summed E-state index contributed by atoms with van der Waals surface area (Å²) in [6.07, 6.45) is 7.63. The zero-order chi connectivity index (χ0) is 22.8. The number of carbonyl (C=O) groups is 1. The molecule has 168 valence electrons. The highest BCUT2D eigenvalue weighted by Gasteiger charge is 2.16. The number of fused-ring (bicyclic) bond motifs is 1. The van der Waals surface area contributed by atoms with Crippen molar-refractivity contribution in [1.82, 2.24) is 25.1 Å². The lowest BCUT2D eigenvalue weighted by Gasteiger charge is -2.16. The van der Waals surface area contributed by atoms with E-state index in [1.54, 1.807) is 17.1 Å². The number of nitrogens with one attached hydrogen (secondary N) is 1. The van der Waals surface area contributed by atoms with E-state index in [0.717, 1.165) is 40.8 Å². The summed E-state index contributed by atoms with van der Waals surface area (Å²) in [5, 5.41) is 9.09. The Hall–Kier alpha value is -4.14. The number of nitrogens with zero attached hydrogens (tertiary/aromatic N) is 5. The van der Waals surface area contributed by atoms with Crippen molar-refractivity contribution < 1.29 is 4.79 Å². The van der Waals surface area contributed by atoms with Crippen LogP contribution in [0.25, 0.3) is 10.8 Å². The molecule has 0 radical (unpaired) electrons. The first-order chi connectivity index (χ1) is 16.1. The molecule has 0 bridgehead atoms. The minimum absolute atomic E-state index is 0.200. The van der Waals surface area contributed by atoms with Gasteiger partial charge in [-0.05, 0) is 47.6 Å². The quantitative estimate of drug-likeness (QED) is 0.419. The van der Waals surface area contributed by atoms with Gasteiger partial charge >= 0.3 is 0 Å². The van der Waals surface area contributed by atoms with Crippen LogP contribution >= 0.6 is 0 Å². The standard InChI is InChI=1S/C24H26N8O/c25-22-19-5-3-16(11-18(19)7-8-27-22)12-29-24(33)20-15-32(30-23(20)26)14-17-4-6-21(28-13-17)31-9-1-2-10-31/h3-8,11,13,15H,1-2,9-10,12,14H2,(H2,25,27)(H2,26,30)(H,29,33). The van der Waals surface area contributed by atoms with E-state index in [1.165, 1.54) is 12.8 Å². The molecule has 0 spiro atoms. The number of anilines is 3. The number of amides is 1. The molecule has 0 saturated carbocycles. The Kier molecular flexibility index (Phi) is 5.52. The normalized spacial score (nSPS) is 13.5. The maximum Gasteiger partial charge on any atom is 0.256 e. The predicted octanol–water partition coefficient (Wildman–Crippen LogP) is 2.57. The molecule has 9 nitrogen and oxygen atoms in total. The van der Waals surface area contributed by atoms with Crippen LogP contribution in [0.3, 0.4) is 0 Å². The molecular formula is C24H26N8O. The summed E-state index contributed by atoms with van der Waals surface area (Å²) in [5.74, 6) is 1.43. The summed E-state index contributed by atoms with van der Waals surface area (Å²) >= 11 is 0. The summed E-state index contributed by atoms with van der Waals surface area (Å²) in [7, 11) is 0. The molecule has 1 aromatic carbocycles. The number of benzene rings is 1. The van der Waals surface area contributed by atoms with Gasteiger partial charge in [0.1, 0.15) is 17.2 Å². The maximum absolute atomic E-state index is 12.7. The lowest BCUT2D eigenvalue weighted by atomic mass is 10.1. The average Bonchev–Trinajstić information content (AvgIpc) is 3.48. The van der Waals surface area contributed by atoms with E-state index in [9.17, 15) is 4.79 Å². The van der Waals surface area contributed by atoms with Crippen molar-refractivity contribution in [2.24, 2.45) is 0 Å². The van der Waals surface area contributed by atoms with E-state index in [0.29, 0.717) is 24.5 Å². The van der Waals surface area contributed by atoms with Crippen molar-refractivity contribution in [1.29, 1.82) is 0 Å². The van der Waals surface area contributed by atoms with Crippen LogP contribution in [0.2, 0.25) is 0 Å². The summed E-state index contributed by atoms with van der Waals surface area (Å²) in [6.45, 7) is 2.98. The first kappa shape index (κ1) is 20.7. The van der Waals surface area contributed by atoms with Gasteiger partial charge in [0.15, 0.2) is 5.82 Å². The fraction of sp³-hybridized carbons (Fsp3) is 0.250. The summed E-state index contributed by atoms with van der Waals surface area (Å²) in [6, 6.07) is 11.8. The molecule has 1 aliphatic rings. The van der Waals surface area contributed by atoms with Crippen LogP contribution in [-0.4, -0.2) is 38.7 Å². The Balaban J connectivity index is 1.23. The first-order valence-corrected chi connectivity index (χ1v) is 11.0. The molecule has 0 unspecified atom stereocenters. The molecule has 0 aliphatic carbocycles. The van der Waals surface area contributed by atoms with E-state index in [2.05, 4.69) is 25.3 Å². The number of rotatable bonds is 6. The minimum Gasteiger partial charge on any atom is -0.383 e. The second-order valence-electron chi connectivity index (χ2n) is 8.28. The van der Waals surface area contributed by atoms with Gasteiger partial charge in [0, 0.05) is 43.6 Å². The molecule has 3 aromatic heterocycles. The van der Waals surface area contributed by atoms with Gasteiger partial charge in [0.2, 0.25) is 0 Å². The third-order valence-corrected chi connectivity index (χ3v) is 5.93. The monoisotopic (exact) mass is 442 g/mol. The van der Waals surface area contributed by atoms with E-state index in [4.69, 9.17) is 11.5 Å². The molecule has 1 aliphatic heterocycles. The van der Waals surface area contributed by atoms with E-state index in [-0.39, 0.29) is 11.7 Å². The van der Waals surface area contributed by atoms with Crippen LogP contribution in [0.5, 0.6) is 0 Å². The second-order valence-corrected chi connectivity index (χ2v) is 8.28. The molecule has 5 rings (SSSR count). The van der Waals surface area contributed by atoms with Crippen LogP contribution < -0.4 is 21.7 Å². The van der Waals surface area contributed by atoms with Crippen molar-refractivity contribution in [2.45, 2.75) is 25.9 Å². The number of aromatic nitrogens is 4.